The van der Waals surface area contributed by atoms with Gasteiger partial charge in [-0.1, -0.05) is 0 Å². The summed E-state index contributed by atoms with van der Waals surface area (Å²) in [5.41, 5.74) is 0.900. The molecule has 2 amide bonds. The van der Waals surface area contributed by atoms with Crippen LogP contribution in [0, 0.1) is 0 Å². The molecule has 82 valence electrons. The van der Waals surface area contributed by atoms with E-state index in [-0.39, 0.29) is 18.9 Å². The predicted octanol–water partition coefficient (Wildman–Crippen LogP) is 0.147. The number of carbonyl (C=O) groups is 1. The Morgan fingerprint density at radius 3 is 3.20 bits per heavy atom. The molecular formula is C9H14N4O2. The molecule has 2 aliphatic heterocycles. The molecule has 0 spiro atoms. The molecule has 0 fully saturated rings. The summed E-state index contributed by atoms with van der Waals surface area (Å²) in [5.74, 6) is 0. The third-order valence-electron chi connectivity index (χ3n) is 2.37. The summed E-state index contributed by atoms with van der Waals surface area (Å²) in [4.78, 5) is 19.0. The van der Waals surface area contributed by atoms with E-state index in [9.17, 15) is 4.79 Å². The summed E-state index contributed by atoms with van der Waals surface area (Å²) < 4.78 is 5.21. The van der Waals surface area contributed by atoms with Crippen LogP contribution in [0.2, 0.25) is 0 Å². The van der Waals surface area contributed by atoms with Gasteiger partial charge in [-0.3, -0.25) is 9.80 Å². The number of hydrogen-bond donors (Lipinski definition) is 1. The van der Waals surface area contributed by atoms with Gasteiger partial charge in [0.15, 0.2) is 6.17 Å². The van der Waals surface area contributed by atoms with Gasteiger partial charge in [0.1, 0.15) is 6.73 Å². The lowest BCUT2D eigenvalue weighted by Crippen LogP contribution is -2.49. The average molecular weight is 210 g/mol. The molecule has 1 N–H and O–H groups in total. The lowest BCUT2D eigenvalue weighted by molar-refractivity contribution is 0.0590. The van der Waals surface area contributed by atoms with Gasteiger partial charge < -0.3 is 10.1 Å². The van der Waals surface area contributed by atoms with E-state index in [1.165, 1.54) is 4.90 Å². The fraction of sp³-hybridized carbons (Fsp3) is 0.556. The third-order valence-corrected chi connectivity index (χ3v) is 2.37. The number of hydrogen-bond acceptors (Lipinski definition) is 4. The van der Waals surface area contributed by atoms with Crippen LogP contribution in [0.5, 0.6) is 0 Å². The number of nitrogens with zero attached hydrogens (tertiary/aromatic N) is 3. The van der Waals surface area contributed by atoms with Crippen molar-refractivity contribution in [1.82, 2.24) is 15.1 Å². The van der Waals surface area contributed by atoms with Gasteiger partial charge in [-0.25, -0.2) is 9.79 Å². The molecule has 0 aromatic rings. The van der Waals surface area contributed by atoms with Gasteiger partial charge in [-0.2, -0.15) is 0 Å². The Morgan fingerprint density at radius 1 is 1.67 bits per heavy atom. The summed E-state index contributed by atoms with van der Waals surface area (Å²) in [6.07, 6.45) is 3.15. The third kappa shape index (κ3) is 1.68. The maximum atomic E-state index is 11.8. The summed E-state index contributed by atoms with van der Waals surface area (Å²) in [7, 11) is 1.73. The first kappa shape index (κ1) is 9.97. The smallest absolute Gasteiger partial charge is 0.327 e. The van der Waals surface area contributed by atoms with Gasteiger partial charge in [0.2, 0.25) is 0 Å². The van der Waals surface area contributed by atoms with E-state index >= 15 is 0 Å². The molecule has 1 unspecified atom stereocenters. The zero-order chi connectivity index (χ0) is 10.8. The molecule has 0 aliphatic carbocycles. The number of ether oxygens (including phenoxy) is 1. The van der Waals surface area contributed by atoms with Gasteiger partial charge in [0.05, 0.1) is 12.0 Å². The Bertz CT molecular complexity index is 326. The van der Waals surface area contributed by atoms with Crippen molar-refractivity contribution in [1.29, 1.82) is 0 Å². The van der Waals surface area contributed by atoms with Crippen molar-refractivity contribution in [3.63, 3.8) is 0 Å². The fourth-order valence-electron chi connectivity index (χ4n) is 1.56. The van der Waals surface area contributed by atoms with E-state index in [0.717, 1.165) is 5.70 Å². The Kier molecular flexibility index (Phi) is 2.59. The normalized spacial score (nSPS) is 24.0. The molecule has 6 nitrogen and oxygen atoms in total. The van der Waals surface area contributed by atoms with E-state index in [0.29, 0.717) is 6.61 Å². The summed E-state index contributed by atoms with van der Waals surface area (Å²) in [5, 5.41) is 2.99. The number of carbonyl (C=O) groups excluding carboxylic acids is 1. The molecule has 0 aromatic carbocycles. The molecule has 2 heterocycles. The largest absolute Gasteiger partial charge is 0.361 e. The first-order chi connectivity index (χ1) is 7.24. The van der Waals surface area contributed by atoms with E-state index in [2.05, 4.69) is 10.3 Å². The van der Waals surface area contributed by atoms with E-state index in [4.69, 9.17) is 4.74 Å². The molecule has 0 bridgehead atoms. The number of nitrogens with one attached hydrogen (secondary N) is 1. The van der Waals surface area contributed by atoms with Crippen LogP contribution in [0.3, 0.4) is 0 Å². The Balaban J connectivity index is 2.14. The highest BCUT2D eigenvalue weighted by Gasteiger charge is 2.33. The van der Waals surface area contributed by atoms with Crippen LogP contribution < -0.4 is 5.32 Å². The van der Waals surface area contributed by atoms with Crippen molar-refractivity contribution in [3.05, 3.63) is 11.9 Å². The highest BCUT2D eigenvalue weighted by molar-refractivity contribution is 5.79. The topological polar surface area (TPSA) is 57.2 Å². The van der Waals surface area contributed by atoms with Gasteiger partial charge in [-0.15, -0.1) is 0 Å². The molecule has 0 radical (unpaired) electrons. The van der Waals surface area contributed by atoms with E-state index in [1.54, 1.807) is 24.5 Å². The molecule has 15 heavy (non-hydrogen) atoms. The molecule has 1 atom stereocenters. The standard InChI is InChI=1S/C9H14N4O2/c1-3-15-6-13-4-7-8(11-5-10-7)12(2)9(13)14/h4-5,8H,3,6H2,1-2H3,(H,10,11). The maximum Gasteiger partial charge on any atom is 0.327 e. The SMILES string of the molecule is CCOCN1C=C2NC=NC2N(C)C1=O. The number of amides is 2. The van der Waals surface area contributed by atoms with Crippen molar-refractivity contribution in [2.45, 2.75) is 13.1 Å². The molecule has 0 saturated carbocycles. The lowest BCUT2D eigenvalue weighted by atomic mass is 10.3. The summed E-state index contributed by atoms with van der Waals surface area (Å²) >= 11 is 0. The zero-order valence-corrected chi connectivity index (χ0v) is 8.80. The Hall–Kier alpha value is -1.56. The van der Waals surface area contributed by atoms with Crippen molar-refractivity contribution in [2.24, 2.45) is 4.99 Å². The number of aliphatic imine (C=N–C) groups is 1. The van der Waals surface area contributed by atoms with Crippen molar-refractivity contribution in [2.75, 3.05) is 20.4 Å². The molecule has 0 saturated heterocycles. The van der Waals surface area contributed by atoms with Gasteiger partial charge >= 0.3 is 6.03 Å². The van der Waals surface area contributed by atoms with Gasteiger partial charge in [0.25, 0.3) is 0 Å². The minimum Gasteiger partial charge on any atom is -0.361 e. The first-order valence-corrected chi connectivity index (χ1v) is 4.85. The van der Waals surface area contributed by atoms with Crippen LogP contribution in [0.1, 0.15) is 6.92 Å². The fourth-order valence-corrected chi connectivity index (χ4v) is 1.56. The molecule has 2 rings (SSSR count). The summed E-state index contributed by atoms with van der Waals surface area (Å²) in [6, 6.07) is -0.0990. The second kappa shape index (κ2) is 3.90. The lowest BCUT2D eigenvalue weighted by Gasteiger charge is -2.33. The van der Waals surface area contributed by atoms with E-state index in [1.807, 2.05) is 6.92 Å². The molecule has 0 aromatic heterocycles. The summed E-state index contributed by atoms with van der Waals surface area (Å²) in [6.45, 7) is 2.76. The minimum absolute atomic E-state index is 0.0990. The maximum absolute atomic E-state index is 11.8. The Morgan fingerprint density at radius 2 is 2.47 bits per heavy atom. The van der Waals surface area contributed by atoms with Crippen LogP contribution in [0.15, 0.2) is 16.9 Å². The monoisotopic (exact) mass is 210 g/mol. The van der Waals surface area contributed by atoms with Crippen LogP contribution in [0.4, 0.5) is 4.79 Å². The quantitative estimate of drug-likeness (QED) is 0.721. The second-order valence-corrected chi connectivity index (χ2v) is 3.37. The van der Waals surface area contributed by atoms with Crippen LogP contribution in [-0.2, 0) is 4.74 Å². The average Bonchev–Trinajstić information content (AvgIpc) is 2.69. The van der Waals surface area contributed by atoms with Crippen LogP contribution >= 0.6 is 0 Å². The van der Waals surface area contributed by atoms with Crippen LogP contribution in [0.25, 0.3) is 0 Å². The molecular weight excluding hydrogens is 196 g/mol. The second-order valence-electron chi connectivity index (χ2n) is 3.37. The van der Waals surface area contributed by atoms with Crippen molar-refractivity contribution < 1.29 is 9.53 Å². The highest BCUT2D eigenvalue weighted by atomic mass is 16.5. The minimum atomic E-state index is -0.199. The molecule has 6 heteroatoms. The van der Waals surface area contributed by atoms with Crippen molar-refractivity contribution >= 4 is 12.4 Å². The number of likely N-dealkylation sites (N-methyl/N-ethyl adjacent to an activating group) is 1. The predicted molar refractivity (Wildman–Crippen MR) is 55.0 cm³/mol. The highest BCUT2D eigenvalue weighted by Crippen LogP contribution is 2.20. The van der Waals surface area contributed by atoms with Crippen LogP contribution in [-0.4, -0.2) is 48.7 Å². The Labute approximate surface area is 88.2 Å². The van der Waals surface area contributed by atoms with E-state index < -0.39 is 0 Å². The number of rotatable bonds is 3. The van der Waals surface area contributed by atoms with Crippen molar-refractivity contribution in [3.8, 4) is 0 Å². The zero-order valence-electron chi connectivity index (χ0n) is 8.80. The number of fused-ring (bicyclic) bond motifs is 1. The first-order valence-electron chi connectivity index (χ1n) is 4.85. The van der Waals surface area contributed by atoms with Gasteiger partial charge in [0, 0.05) is 19.9 Å². The van der Waals surface area contributed by atoms with Gasteiger partial charge in [-0.05, 0) is 6.92 Å². The molecule has 2 aliphatic rings. The number of urea groups is 1.